The van der Waals surface area contributed by atoms with Gasteiger partial charge in [0.05, 0.1) is 0 Å². The van der Waals surface area contributed by atoms with Crippen LogP contribution in [-0.2, 0) is 0 Å². The number of urea groups is 1. The smallest absolute Gasteiger partial charge is 0.318 e. The summed E-state index contributed by atoms with van der Waals surface area (Å²) in [6, 6.07) is -0.893. The van der Waals surface area contributed by atoms with Crippen LogP contribution in [0.2, 0.25) is 5.15 Å². The summed E-state index contributed by atoms with van der Waals surface area (Å²) in [6.45, 7) is 0. The maximum atomic E-state index is 11.8. The summed E-state index contributed by atoms with van der Waals surface area (Å²) in [5.74, 6) is -1.38. The molecule has 10 nitrogen and oxygen atoms in total. The molecule has 0 aliphatic rings. The van der Waals surface area contributed by atoms with Crippen molar-refractivity contribution in [3.8, 4) is 0 Å². The average Bonchev–Trinajstić information content (AvgIpc) is 2.32. The third kappa shape index (κ3) is 3.67. The molecule has 19 heavy (non-hydrogen) atoms. The molecular formula is C8H11ClN8O2. The molecule has 102 valence electrons. The van der Waals surface area contributed by atoms with Crippen molar-refractivity contribution >= 4 is 41.1 Å². The summed E-state index contributed by atoms with van der Waals surface area (Å²) in [4.78, 5) is 33.2. The number of primary amides is 1. The Bertz CT molecular complexity index is 558. The van der Waals surface area contributed by atoms with Gasteiger partial charge in [-0.05, 0) is 0 Å². The molecule has 0 aliphatic carbocycles. The number of guanidine groups is 1. The maximum absolute atomic E-state index is 11.8. The molecule has 1 heterocycles. The van der Waals surface area contributed by atoms with E-state index in [-0.39, 0.29) is 28.4 Å². The molecule has 1 rings (SSSR count). The monoisotopic (exact) mass is 286 g/mol. The zero-order valence-corrected chi connectivity index (χ0v) is 10.5. The number of amides is 3. The van der Waals surface area contributed by atoms with Gasteiger partial charge in [0, 0.05) is 7.05 Å². The molecule has 0 aliphatic heterocycles. The molecule has 3 amide bonds. The molecule has 0 saturated carbocycles. The van der Waals surface area contributed by atoms with Crippen molar-refractivity contribution < 1.29 is 9.59 Å². The molecule has 0 unspecified atom stereocenters. The lowest BCUT2D eigenvalue weighted by Gasteiger charge is -2.06. The molecule has 0 aromatic carbocycles. The van der Waals surface area contributed by atoms with Crippen LogP contribution in [0.15, 0.2) is 4.99 Å². The Hall–Kier alpha value is -2.62. The fourth-order valence-corrected chi connectivity index (χ4v) is 1.14. The number of nitrogens with one attached hydrogen (secondary N) is 2. The second-order valence-electron chi connectivity index (χ2n) is 3.14. The number of anilines is 2. The normalized spacial score (nSPS) is 10.9. The van der Waals surface area contributed by atoms with E-state index in [2.05, 4.69) is 25.6 Å². The molecule has 0 saturated heterocycles. The Balaban J connectivity index is 3.09. The van der Waals surface area contributed by atoms with Crippen molar-refractivity contribution in [2.75, 3.05) is 18.5 Å². The Labute approximate surface area is 112 Å². The van der Waals surface area contributed by atoms with Crippen molar-refractivity contribution in [1.29, 1.82) is 0 Å². The van der Waals surface area contributed by atoms with E-state index in [1.165, 1.54) is 7.05 Å². The molecule has 0 fully saturated rings. The van der Waals surface area contributed by atoms with Crippen molar-refractivity contribution in [3.05, 3.63) is 10.8 Å². The first-order valence-electron chi connectivity index (χ1n) is 4.80. The maximum Gasteiger partial charge on any atom is 0.318 e. The number of nitrogens with zero attached hydrogens (tertiary/aromatic N) is 3. The Morgan fingerprint density at radius 3 is 2.42 bits per heavy atom. The van der Waals surface area contributed by atoms with Crippen molar-refractivity contribution in [1.82, 2.24) is 20.6 Å². The molecule has 8 N–H and O–H groups in total. The Kier molecular flexibility index (Phi) is 4.42. The summed E-state index contributed by atoms with van der Waals surface area (Å²) in [6.07, 6.45) is 0. The second kappa shape index (κ2) is 5.82. The number of halogens is 1. The van der Waals surface area contributed by atoms with Gasteiger partial charge in [-0.15, -0.1) is 0 Å². The molecule has 0 spiro atoms. The van der Waals surface area contributed by atoms with E-state index >= 15 is 0 Å². The highest BCUT2D eigenvalue weighted by atomic mass is 35.5. The summed E-state index contributed by atoms with van der Waals surface area (Å²) in [7, 11) is 1.42. The molecule has 1 aromatic heterocycles. The van der Waals surface area contributed by atoms with Gasteiger partial charge in [0.25, 0.3) is 0 Å². The first-order valence-corrected chi connectivity index (χ1v) is 5.18. The lowest BCUT2D eigenvalue weighted by atomic mass is 10.4. The van der Waals surface area contributed by atoms with Crippen LogP contribution >= 0.6 is 11.6 Å². The van der Waals surface area contributed by atoms with E-state index < -0.39 is 11.9 Å². The van der Waals surface area contributed by atoms with E-state index in [1.807, 2.05) is 0 Å². The third-order valence-corrected chi connectivity index (χ3v) is 2.08. The van der Waals surface area contributed by atoms with Gasteiger partial charge < -0.3 is 22.5 Å². The Morgan fingerprint density at radius 2 is 1.89 bits per heavy atom. The van der Waals surface area contributed by atoms with Gasteiger partial charge in [-0.3, -0.25) is 10.1 Å². The summed E-state index contributed by atoms with van der Waals surface area (Å²) in [5.41, 5.74) is 15.4. The molecule has 1 aromatic rings. The van der Waals surface area contributed by atoms with Crippen LogP contribution in [0.25, 0.3) is 0 Å². The number of carbonyl (C=O) groups is 2. The number of rotatable bonds is 1. The minimum atomic E-state index is -0.893. The second-order valence-corrected chi connectivity index (χ2v) is 3.50. The van der Waals surface area contributed by atoms with Gasteiger partial charge in [0.15, 0.2) is 22.5 Å². The average molecular weight is 287 g/mol. The number of hydrogen-bond donors (Lipinski definition) is 5. The van der Waals surface area contributed by atoms with Gasteiger partial charge in [-0.1, -0.05) is 11.6 Å². The minimum Gasteiger partial charge on any atom is -0.382 e. The SMILES string of the molecule is CN/C(=N/C(=O)c1nc(Cl)c(N)nc1N)NC(N)=O. The molecular weight excluding hydrogens is 276 g/mol. The van der Waals surface area contributed by atoms with Gasteiger partial charge in [0.2, 0.25) is 5.96 Å². The topological polar surface area (TPSA) is 174 Å². The minimum absolute atomic E-state index is 0.108. The Morgan fingerprint density at radius 1 is 1.26 bits per heavy atom. The van der Waals surface area contributed by atoms with Gasteiger partial charge >= 0.3 is 11.9 Å². The number of hydrogen-bond acceptors (Lipinski definition) is 6. The van der Waals surface area contributed by atoms with Crippen LogP contribution in [0, 0.1) is 0 Å². The highest BCUT2D eigenvalue weighted by molar-refractivity contribution is 6.31. The summed E-state index contributed by atoms with van der Waals surface area (Å²) < 4.78 is 0. The first-order chi connectivity index (χ1) is 8.85. The first kappa shape index (κ1) is 14.4. The molecule has 0 atom stereocenters. The lowest BCUT2D eigenvalue weighted by molar-refractivity contribution is 0.0998. The van der Waals surface area contributed by atoms with E-state index in [9.17, 15) is 9.59 Å². The van der Waals surface area contributed by atoms with Crippen molar-refractivity contribution in [2.24, 2.45) is 10.7 Å². The van der Waals surface area contributed by atoms with Crippen molar-refractivity contribution in [3.63, 3.8) is 0 Å². The van der Waals surface area contributed by atoms with Crippen LogP contribution in [0.4, 0.5) is 16.4 Å². The largest absolute Gasteiger partial charge is 0.382 e. The predicted octanol–water partition coefficient (Wildman–Crippen LogP) is -1.32. The molecule has 11 heteroatoms. The van der Waals surface area contributed by atoms with Crippen LogP contribution in [-0.4, -0.2) is 34.9 Å². The van der Waals surface area contributed by atoms with Crippen LogP contribution in [0.1, 0.15) is 10.5 Å². The van der Waals surface area contributed by atoms with Crippen LogP contribution in [0.5, 0.6) is 0 Å². The fourth-order valence-electron chi connectivity index (χ4n) is 1.02. The number of aromatic nitrogens is 2. The molecule has 0 bridgehead atoms. The summed E-state index contributed by atoms with van der Waals surface area (Å²) in [5, 5.41) is 4.36. The van der Waals surface area contributed by atoms with E-state index in [0.717, 1.165) is 0 Å². The number of aliphatic imine (C=N–C) groups is 1. The van der Waals surface area contributed by atoms with Crippen molar-refractivity contribution in [2.45, 2.75) is 0 Å². The number of nitrogen functional groups attached to an aromatic ring is 2. The van der Waals surface area contributed by atoms with Gasteiger partial charge in [-0.25, -0.2) is 14.8 Å². The molecule has 0 radical (unpaired) electrons. The van der Waals surface area contributed by atoms with E-state index in [0.29, 0.717) is 0 Å². The standard InChI is InChI=1S/C8H11ClN8O2/c1-13-8(17-7(12)19)16-6(18)2-4(10)15-5(11)3(9)14-2/h1H3,(H4,10,11,15)(H4,12,13,16,17,18,19). The third-order valence-electron chi connectivity index (χ3n) is 1.80. The van der Waals surface area contributed by atoms with Crippen LogP contribution < -0.4 is 27.8 Å². The fraction of sp³-hybridized carbons (Fsp3) is 0.125. The zero-order chi connectivity index (χ0) is 14.6. The van der Waals surface area contributed by atoms with E-state index in [1.54, 1.807) is 0 Å². The number of carbonyl (C=O) groups excluding carboxylic acids is 2. The highest BCUT2D eigenvalue weighted by Crippen LogP contribution is 2.17. The summed E-state index contributed by atoms with van der Waals surface area (Å²) >= 11 is 5.62. The highest BCUT2D eigenvalue weighted by Gasteiger charge is 2.16. The number of nitrogens with two attached hydrogens (primary N) is 3. The zero-order valence-electron chi connectivity index (χ0n) is 9.77. The van der Waals surface area contributed by atoms with Gasteiger partial charge in [0.1, 0.15) is 0 Å². The lowest BCUT2D eigenvalue weighted by Crippen LogP contribution is -2.42. The van der Waals surface area contributed by atoms with E-state index in [4.69, 9.17) is 28.8 Å². The predicted molar refractivity (Wildman–Crippen MR) is 69.4 cm³/mol. The quantitative estimate of drug-likeness (QED) is 0.314. The van der Waals surface area contributed by atoms with Crippen LogP contribution in [0.3, 0.4) is 0 Å². The van der Waals surface area contributed by atoms with Gasteiger partial charge in [-0.2, -0.15) is 4.99 Å².